The van der Waals surface area contributed by atoms with E-state index < -0.39 is 0 Å². The molecule has 1 aliphatic carbocycles. The van der Waals surface area contributed by atoms with Gasteiger partial charge in [0.05, 0.1) is 13.2 Å². The Hall–Kier alpha value is -0.160. The fourth-order valence-corrected chi connectivity index (χ4v) is 3.13. The molecule has 0 aromatic rings. The lowest BCUT2D eigenvalue weighted by Gasteiger charge is -2.39. The van der Waals surface area contributed by atoms with Crippen LogP contribution in [-0.2, 0) is 4.74 Å². The average Bonchev–Trinajstić information content (AvgIpc) is 3.09. The van der Waals surface area contributed by atoms with Crippen LogP contribution in [0.2, 0.25) is 0 Å². The number of hydrogen-bond donors (Lipinski definition) is 1. The van der Waals surface area contributed by atoms with Crippen LogP contribution < -0.4 is 5.73 Å². The summed E-state index contributed by atoms with van der Waals surface area (Å²) >= 11 is 0. The molecule has 0 bridgehead atoms. The fraction of sp³-hybridized carbons (Fsp3) is 1.00. The normalized spacial score (nSPS) is 40.9. The summed E-state index contributed by atoms with van der Waals surface area (Å²) in [6.07, 6.45) is 2.85. The number of hydrogen-bond acceptors (Lipinski definition) is 4. The van der Waals surface area contributed by atoms with E-state index in [-0.39, 0.29) is 11.5 Å². The van der Waals surface area contributed by atoms with Gasteiger partial charge in [-0.1, -0.05) is 6.92 Å². The minimum Gasteiger partial charge on any atom is -0.379 e. The zero-order valence-electron chi connectivity index (χ0n) is 10.9. The van der Waals surface area contributed by atoms with E-state index in [0.717, 1.165) is 25.8 Å². The van der Waals surface area contributed by atoms with Crippen molar-refractivity contribution in [2.45, 2.75) is 31.8 Å². The SMILES string of the molecule is CC1(CN2CCN(C3CC3)CC2)COCC1N. The first-order valence-corrected chi connectivity index (χ1v) is 6.97. The highest BCUT2D eigenvalue weighted by molar-refractivity contribution is 4.94. The Balaban J connectivity index is 1.49. The second kappa shape index (κ2) is 4.50. The predicted octanol–water partition coefficient (Wildman–Crippen LogP) is 0.130. The standard InChI is InChI=1S/C13H25N3O/c1-13(10-17-8-12(13)14)9-15-4-6-16(7-5-15)11-2-3-11/h11-12H,2-10,14H2,1H3. The Kier molecular flexibility index (Phi) is 3.15. The van der Waals surface area contributed by atoms with Gasteiger partial charge in [-0.2, -0.15) is 0 Å². The van der Waals surface area contributed by atoms with Gasteiger partial charge in [0.2, 0.25) is 0 Å². The third kappa shape index (κ3) is 2.50. The maximum atomic E-state index is 6.15. The number of nitrogens with zero attached hydrogens (tertiary/aromatic N) is 2. The largest absolute Gasteiger partial charge is 0.379 e. The second-order valence-corrected chi connectivity index (χ2v) is 6.32. The van der Waals surface area contributed by atoms with Gasteiger partial charge < -0.3 is 15.4 Å². The maximum Gasteiger partial charge on any atom is 0.0624 e. The van der Waals surface area contributed by atoms with Crippen molar-refractivity contribution in [2.24, 2.45) is 11.1 Å². The molecular weight excluding hydrogens is 214 g/mol. The van der Waals surface area contributed by atoms with Gasteiger partial charge in [-0.25, -0.2) is 0 Å². The molecule has 0 amide bonds. The molecule has 4 nitrogen and oxygen atoms in total. The Labute approximate surface area is 104 Å². The van der Waals surface area contributed by atoms with E-state index in [1.54, 1.807) is 0 Å². The van der Waals surface area contributed by atoms with Gasteiger partial charge in [0.1, 0.15) is 0 Å². The van der Waals surface area contributed by atoms with Crippen LogP contribution in [0.4, 0.5) is 0 Å². The van der Waals surface area contributed by atoms with Gasteiger partial charge in [0.25, 0.3) is 0 Å². The zero-order valence-corrected chi connectivity index (χ0v) is 10.9. The Morgan fingerprint density at radius 3 is 2.47 bits per heavy atom. The van der Waals surface area contributed by atoms with Crippen LogP contribution in [-0.4, -0.2) is 67.8 Å². The lowest BCUT2D eigenvalue weighted by Crippen LogP contribution is -2.53. The summed E-state index contributed by atoms with van der Waals surface area (Å²) in [5.74, 6) is 0. The summed E-state index contributed by atoms with van der Waals surface area (Å²) < 4.78 is 5.52. The van der Waals surface area contributed by atoms with E-state index in [0.29, 0.717) is 0 Å². The number of nitrogens with two attached hydrogens (primary N) is 1. The number of ether oxygens (including phenoxy) is 1. The summed E-state index contributed by atoms with van der Waals surface area (Å²) in [6, 6.07) is 1.13. The van der Waals surface area contributed by atoms with E-state index >= 15 is 0 Å². The number of rotatable bonds is 3. The topological polar surface area (TPSA) is 41.7 Å². The molecule has 0 aromatic heterocycles. The van der Waals surface area contributed by atoms with E-state index in [2.05, 4.69) is 16.7 Å². The molecule has 3 fully saturated rings. The molecule has 2 unspecified atom stereocenters. The first kappa shape index (κ1) is 11.9. The smallest absolute Gasteiger partial charge is 0.0624 e. The van der Waals surface area contributed by atoms with Crippen molar-refractivity contribution in [1.29, 1.82) is 0 Å². The average molecular weight is 239 g/mol. The molecule has 2 heterocycles. The summed E-state index contributed by atoms with van der Waals surface area (Å²) in [6.45, 7) is 9.85. The molecule has 4 heteroatoms. The Bertz CT molecular complexity index is 274. The van der Waals surface area contributed by atoms with Crippen molar-refractivity contribution >= 4 is 0 Å². The molecule has 3 aliphatic rings. The molecular formula is C13H25N3O. The van der Waals surface area contributed by atoms with Crippen molar-refractivity contribution < 1.29 is 4.74 Å². The molecule has 2 saturated heterocycles. The van der Waals surface area contributed by atoms with E-state index in [9.17, 15) is 0 Å². The molecule has 98 valence electrons. The summed E-state index contributed by atoms with van der Waals surface area (Å²) in [7, 11) is 0. The van der Waals surface area contributed by atoms with Crippen LogP contribution in [0.25, 0.3) is 0 Å². The molecule has 1 saturated carbocycles. The first-order chi connectivity index (χ1) is 8.17. The summed E-state index contributed by atoms with van der Waals surface area (Å²) in [5, 5.41) is 0. The highest BCUT2D eigenvalue weighted by Gasteiger charge is 2.40. The van der Waals surface area contributed by atoms with Crippen molar-refractivity contribution in [1.82, 2.24) is 9.80 Å². The highest BCUT2D eigenvalue weighted by atomic mass is 16.5. The first-order valence-electron chi connectivity index (χ1n) is 6.97. The highest BCUT2D eigenvalue weighted by Crippen LogP contribution is 2.30. The second-order valence-electron chi connectivity index (χ2n) is 6.32. The summed E-state index contributed by atoms with van der Waals surface area (Å²) in [4.78, 5) is 5.23. The van der Waals surface area contributed by atoms with Gasteiger partial charge in [0, 0.05) is 50.2 Å². The van der Waals surface area contributed by atoms with Crippen LogP contribution in [0.3, 0.4) is 0 Å². The van der Waals surface area contributed by atoms with Crippen LogP contribution >= 0.6 is 0 Å². The minimum absolute atomic E-state index is 0.168. The molecule has 3 rings (SSSR count). The predicted molar refractivity (Wildman–Crippen MR) is 67.9 cm³/mol. The maximum absolute atomic E-state index is 6.15. The Morgan fingerprint density at radius 2 is 1.94 bits per heavy atom. The van der Waals surface area contributed by atoms with Crippen molar-refractivity contribution in [2.75, 3.05) is 45.9 Å². The third-order valence-corrected chi connectivity index (χ3v) is 4.68. The Morgan fingerprint density at radius 1 is 1.24 bits per heavy atom. The van der Waals surface area contributed by atoms with E-state index in [4.69, 9.17) is 10.5 Å². The lowest BCUT2D eigenvalue weighted by molar-refractivity contribution is 0.0740. The van der Waals surface area contributed by atoms with Crippen LogP contribution in [0.5, 0.6) is 0 Å². The quantitative estimate of drug-likeness (QED) is 0.760. The van der Waals surface area contributed by atoms with Crippen LogP contribution in [0.1, 0.15) is 19.8 Å². The van der Waals surface area contributed by atoms with Crippen molar-refractivity contribution in [3.05, 3.63) is 0 Å². The van der Waals surface area contributed by atoms with E-state index in [1.807, 2.05) is 0 Å². The molecule has 17 heavy (non-hydrogen) atoms. The molecule has 0 spiro atoms. The van der Waals surface area contributed by atoms with E-state index in [1.165, 1.54) is 39.0 Å². The zero-order chi connectivity index (χ0) is 11.9. The van der Waals surface area contributed by atoms with Crippen molar-refractivity contribution in [3.63, 3.8) is 0 Å². The number of piperazine rings is 1. The summed E-state index contributed by atoms with van der Waals surface area (Å²) in [5.41, 5.74) is 6.32. The molecule has 2 aliphatic heterocycles. The van der Waals surface area contributed by atoms with Gasteiger partial charge >= 0.3 is 0 Å². The fourth-order valence-electron chi connectivity index (χ4n) is 3.13. The molecule has 0 radical (unpaired) electrons. The van der Waals surface area contributed by atoms with Crippen LogP contribution in [0.15, 0.2) is 0 Å². The van der Waals surface area contributed by atoms with Gasteiger partial charge in [-0.15, -0.1) is 0 Å². The molecule has 2 atom stereocenters. The van der Waals surface area contributed by atoms with Gasteiger partial charge in [-0.3, -0.25) is 4.90 Å². The minimum atomic E-state index is 0.168. The molecule has 0 aromatic carbocycles. The van der Waals surface area contributed by atoms with Gasteiger partial charge in [0.15, 0.2) is 0 Å². The van der Waals surface area contributed by atoms with Crippen molar-refractivity contribution in [3.8, 4) is 0 Å². The van der Waals surface area contributed by atoms with Crippen LogP contribution in [0, 0.1) is 5.41 Å². The third-order valence-electron chi connectivity index (χ3n) is 4.68. The molecule has 2 N–H and O–H groups in total. The lowest BCUT2D eigenvalue weighted by atomic mass is 9.85. The monoisotopic (exact) mass is 239 g/mol. The van der Waals surface area contributed by atoms with Gasteiger partial charge in [-0.05, 0) is 12.8 Å².